The molecule has 0 bridgehead atoms. The zero-order valence-electron chi connectivity index (χ0n) is 23.2. The quantitative estimate of drug-likeness (QED) is 0.146. The fourth-order valence-electron chi connectivity index (χ4n) is 3.34. The Morgan fingerprint density at radius 2 is 1.93 bits per heavy atom. The van der Waals surface area contributed by atoms with E-state index in [-0.39, 0.29) is 40.7 Å². The number of nitro benzene ring substituents is 1. The van der Waals surface area contributed by atoms with Gasteiger partial charge in [0.1, 0.15) is 28.6 Å². The lowest BCUT2D eigenvalue weighted by atomic mass is 10.1. The van der Waals surface area contributed by atoms with Crippen LogP contribution in [0.5, 0.6) is 11.5 Å². The Labute approximate surface area is 245 Å². The molecule has 0 radical (unpaired) electrons. The van der Waals surface area contributed by atoms with E-state index in [0.29, 0.717) is 17.9 Å². The van der Waals surface area contributed by atoms with E-state index in [2.05, 4.69) is 14.7 Å². The summed E-state index contributed by atoms with van der Waals surface area (Å²) < 4.78 is 44.1. The molecule has 0 saturated heterocycles. The SMILES string of the molecule is CC(C)(C)OC(N)=O.CSCc1cc(O[C@@H](C)CCOc2cc(F)ccc2-c2nc(Cl)ncc2F)cc([N+](=O)[O-])c1. The van der Waals surface area contributed by atoms with E-state index < -0.39 is 28.3 Å². The molecule has 3 rings (SSSR count). The Morgan fingerprint density at radius 3 is 2.51 bits per heavy atom. The second-order valence-corrected chi connectivity index (χ2v) is 10.8. The van der Waals surface area contributed by atoms with Gasteiger partial charge in [0.15, 0.2) is 5.82 Å². The predicted molar refractivity (Wildman–Crippen MR) is 153 cm³/mol. The third-order valence-corrected chi connectivity index (χ3v) is 5.72. The highest BCUT2D eigenvalue weighted by atomic mass is 35.5. The number of primary amides is 1. The van der Waals surface area contributed by atoms with Crippen LogP contribution in [-0.2, 0) is 10.5 Å². The van der Waals surface area contributed by atoms with Gasteiger partial charge in [-0.15, -0.1) is 0 Å². The van der Waals surface area contributed by atoms with E-state index >= 15 is 0 Å². The summed E-state index contributed by atoms with van der Waals surface area (Å²) in [6.07, 6.45) is 2.12. The molecule has 14 heteroatoms. The molecule has 0 fully saturated rings. The standard InChI is InChI=1S/C22H20ClF2N3O4S.C5H11NO2/c1-13(32-17-8-14(12-33-2)7-16(10-17)28(29)30)5-6-31-20-9-15(24)3-4-18(20)21-19(25)11-26-22(23)27-21;1-5(2,3)8-4(6)7/h3-4,7-11,13H,5-6,12H2,1-2H3;1-3H3,(H2,6,7)/t13-;/m0./s1. The zero-order valence-corrected chi connectivity index (χ0v) is 24.7. The average Bonchev–Trinajstić information content (AvgIpc) is 2.85. The van der Waals surface area contributed by atoms with Crippen LogP contribution in [-0.4, -0.2) is 45.6 Å². The molecule has 222 valence electrons. The van der Waals surface area contributed by atoms with Gasteiger partial charge in [-0.25, -0.2) is 23.5 Å². The van der Waals surface area contributed by atoms with Gasteiger partial charge in [-0.05, 0) is 69.3 Å². The molecule has 1 amide bonds. The Hall–Kier alpha value is -3.71. The monoisotopic (exact) mass is 612 g/mol. The number of carbonyl (C=O) groups is 1. The van der Waals surface area contributed by atoms with Crippen LogP contribution in [0.1, 0.15) is 39.7 Å². The number of benzene rings is 2. The number of carbonyl (C=O) groups excluding carboxylic acids is 1. The highest BCUT2D eigenvalue weighted by molar-refractivity contribution is 7.97. The first kappa shape index (κ1) is 33.5. The highest BCUT2D eigenvalue weighted by Gasteiger charge is 2.17. The zero-order chi connectivity index (χ0) is 30.7. The number of rotatable bonds is 10. The number of amides is 1. The second kappa shape index (κ2) is 15.3. The smallest absolute Gasteiger partial charge is 0.405 e. The van der Waals surface area contributed by atoms with E-state index in [9.17, 15) is 23.7 Å². The first-order valence-electron chi connectivity index (χ1n) is 12.2. The van der Waals surface area contributed by atoms with Crippen LogP contribution < -0.4 is 15.2 Å². The van der Waals surface area contributed by atoms with Crippen LogP contribution in [0.2, 0.25) is 5.28 Å². The number of halogens is 3. The van der Waals surface area contributed by atoms with Crippen molar-refractivity contribution in [3.8, 4) is 22.8 Å². The van der Waals surface area contributed by atoms with Crippen molar-refractivity contribution in [1.82, 2.24) is 9.97 Å². The van der Waals surface area contributed by atoms with Crippen molar-refractivity contribution in [3.63, 3.8) is 0 Å². The molecule has 0 aliphatic rings. The van der Waals surface area contributed by atoms with E-state index in [1.54, 1.807) is 45.5 Å². The van der Waals surface area contributed by atoms with Crippen molar-refractivity contribution in [2.24, 2.45) is 5.73 Å². The summed E-state index contributed by atoms with van der Waals surface area (Å²) in [5.41, 5.74) is 5.13. The number of thioether (sulfide) groups is 1. The largest absolute Gasteiger partial charge is 0.493 e. The van der Waals surface area contributed by atoms with E-state index in [1.807, 2.05) is 6.26 Å². The summed E-state index contributed by atoms with van der Waals surface area (Å²) in [6.45, 7) is 7.19. The molecular formula is C27H31ClF2N4O6S. The van der Waals surface area contributed by atoms with Gasteiger partial charge in [0.2, 0.25) is 5.28 Å². The fraction of sp³-hybridized carbons (Fsp3) is 0.370. The molecule has 1 aromatic heterocycles. The van der Waals surface area contributed by atoms with Gasteiger partial charge >= 0.3 is 6.09 Å². The van der Waals surface area contributed by atoms with Crippen LogP contribution >= 0.6 is 23.4 Å². The highest BCUT2D eigenvalue weighted by Crippen LogP contribution is 2.32. The topological polar surface area (TPSA) is 140 Å². The summed E-state index contributed by atoms with van der Waals surface area (Å²) in [6, 6.07) is 8.29. The van der Waals surface area contributed by atoms with Gasteiger partial charge in [-0.2, -0.15) is 11.8 Å². The number of nitrogens with zero attached hydrogens (tertiary/aromatic N) is 3. The summed E-state index contributed by atoms with van der Waals surface area (Å²) in [7, 11) is 0. The molecule has 1 heterocycles. The average molecular weight is 613 g/mol. The first-order chi connectivity index (χ1) is 19.2. The van der Waals surface area contributed by atoms with Crippen LogP contribution in [0.15, 0.2) is 42.6 Å². The Bertz CT molecular complexity index is 1360. The molecule has 1 atom stereocenters. The number of ether oxygens (including phenoxy) is 3. The van der Waals surface area contributed by atoms with Gasteiger partial charge in [-0.3, -0.25) is 10.1 Å². The van der Waals surface area contributed by atoms with Gasteiger partial charge in [0.05, 0.1) is 29.9 Å². The van der Waals surface area contributed by atoms with Crippen LogP contribution in [0.3, 0.4) is 0 Å². The van der Waals surface area contributed by atoms with Gasteiger partial charge in [0.25, 0.3) is 5.69 Å². The maximum atomic E-state index is 14.2. The minimum atomic E-state index is -0.725. The van der Waals surface area contributed by atoms with Crippen molar-refractivity contribution in [1.29, 1.82) is 0 Å². The summed E-state index contributed by atoms with van der Waals surface area (Å²) in [5, 5.41) is 11.0. The minimum Gasteiger partial charge on any atom is -0.493 e. The number of nitrogens with two attached hydrogens (primary N) is 1. The van der Waals surface area contributed by atoms with E-state index in [4.69, 9.17) is 26.8 Å². The maximum absolute atomic E-state index is 14.2. The third-order valence-electron chi connectivity index (χ3n) is 4.91. The predicted octanol–water partition coefficient (Wildman–Crippen LogP) is 6.96. The van der Waals surface area contributed by atoms with Crippen LogP contribution in [0.25, 0.3) is 11.3 Å². The van der Waals surface area contributed by atoms with Gasteiger partial charge < -0.3 is 19.9 Å². The molecule has 10 nitrogen and oxygen atoms in total. The van der Waals surface area contributed by atoms with Crippen LogP contribution in [0, 0.1) is 21.7 Å². The lowest BCUT2D eigenvalue weighted by molar-refractivity contribution is -0.385. The van der Waals surface area contributed by atoms with Gasteiger partial charge in [-0.1, -0.05) is 0 Å². The Morgan fingerprint density at radius 1 is 1.22 bits per heavy atom. The lowest BCUT2D eigenvalue weighted by Crippen LogP contribution is -2.27. The number of nitro groups is 1. The number of hydrogen-bond donors (Lipinski definition) is 1. The van der Waals surface area contributed by atoms with Crippen molar-refractivity contribution >= 4 is 35.1 Å². The number of aromatic nitrogens is 2. The fourth-order valence-corrected chi connectivity index (χ4v) is 3.97. The molecule has 3 aromatic rings. The minimum absolute atomic E-state index is 0.0464. The van der Waals surface area contributed by atoms with Crippen molar-refractivity contribution in [3.05, 3.63) is 75.2 Å². The van der Waals surface area contributed by atoms with Crippen molar-refractivity contribution < 1.29 is 32.7 Å². The molecule has 2 N–H and O–H groups in total. The molecular weight excluding hydrogens is 582 g/mol. The summed E-state index contributed by atoms with van der Waals surface area (Å²) >= 11 is 7.31. The van der Waals surface area contributed by atoms with E-state index in [0.717, 1.165) is 23.9 Å². The number of hydrogen-bond acceptors (Lipinski definition) is 9. The van der Waals surface area contributed by atoms with Crippen molar-refractivity contribution in [2.75, 3.05) is 12.9 Å². The third kappa shape index (κ3) is 11.7. The van der Waals surface area contributed by atoms with Gasteiger partial charge in [0, 0.05) is 29.9 Å². The summed E-state index contributed by atoms with van der Waals surface area (Å²) in [5.74, 6) is -0.198. The molecule has 0 aliphatic carbocycles. The molecule has 0 aliphatic heterocycles. The molecule has 0 spiro atoms. The second-order valence-electron chi connectivity index (χ2n) is 9.60. The molecule has 41 heavy (non-hydrogen) atoms. The normalized spacial score (nSPS) is 11.6. The Balaban J connectivity index is 0.000000642. The first-order valence-corrected chi connectivity index (χ1v) is 14.0. The molecule has 2 aromatic carbocycles. The number of non-ortho nitro benzene ring substituents is 1. The lowest BCUT2D eigenvalue weighted by Gasteiger charge is -2.17. The molecule has 0 unspecified atom stereocenters. The van der Waals surface area contributed by atoms with E-state index in [1.165, 1.54) is 18.2 Å². The summed E-state index contributed by atoms with van der Waals surface area (Å²) in [4.78, 5) is 28.2. The Kier molecular flexibility index (Phi) is 12.5. The van der Waals surface area contributed by atoms with Crippen molar-refractivity contribution in [2.45, 2.75) is 51.6 Å². The maximum Gasteiger partial charge on any atom is 0.405 e. The van der Waals surface area contributed by atoms with Crippen LogP contribution in [0.4, 0.5) is 19.3 Å². The molecule has 0 saturated carbocycles.